The van der Waals surface area contributed by atoms with Gasteiger partial charge in [0.15, 0.2) is 0 Å². The molecule has 1 spiro atoms. The van der Waals surface area contributed by atoms with Crippen LogP contribution in [0.15, 0.2) is 0 Å². The van der Waals surface area contributed by atoms with Gasteiger partial charge >= 0.3 is 0 Å². The second-order valence-corrected chi connectivity index (χ2v) is 5.36. The van der Waals surface area contributed by atoms with Gasteiger partial charge in [0.25, 0.3) is 5.91 Å². The Kier molecular flexibility index (Phi) is 2.70. The molecule has 2 N–H and O–H groups in total. The molecule has 19 heavy (non-hydrogen) atoms. The summed E-state index contributed by atoms with van der Waals surface area (Å²) in [4.78, 5) is 22.8. The summed E-state index contributed by atoms with van der Waals surface area (Å²) in [6, 6.07) is 0. The lowest BCUT2D eigenvalue weighted by atomic mass is 9.83. The fourth-order valence-electron chi connectivity index (χ4n) is 3.05. The Morgan fingerprint density at radius 2 is 2.00 bits per heavy atom. The maximum absolute atomic E-state index is 12.7. The summed E-state index contributed by atoms with van der Waals surface area (Å²) in [6.45, 7) is 5.77. The molecule has 0 bridgehead atoms. The highest BCUT2D eigenvalue weighted by Gasteiger charge is 2.50. The van der Waals surface area contributed by atoms with Gasteiger partial charge in [-0.05, 0) is 26.7 Å². The van der Waals surface area contributed by atoms with Crippen molar-refractivity contribution in [3.63, 3.8) is 0 Å². The van der Waals surface area contributed by atoms with Gasteiger partial charge < -0.3 is 15.4 Å². The molecular weight excluding hydrogens is 244 g/mol. The smallest absolute Gasteiger partial charge is 0.258 e. The summed E-state index contributed by atoms with van der Waals surface area (Å²) >= 11 is 0. The monoisotopic (exact) mass is 262 g/mol. The van der Waals surface area contributed by atoms with Gasteiger partial charge in [-0.25, -0.2) is 9.97 Å². The predicted octanol–water partition coefficient (Wildman–Crippen LogP) is 0.681. The number of nitrogens with two attached hydrogens (primary N) is 1. The SMILES string of the molecule is Cc1nc(N)nc(C)c1C(=O)N1CCC12CCOC2. The molecule has 0 aromatic carbocycles. The number of hydrogen-bond acceptors (Lipinski definition) is 5. The van der Waals surface area contributed by atoms with E-state index >= 15 is 0 Å². The quantitative estimate of drug-likeness (QED) is 0.805. The molecule has 2 saturated heterocycles. The molecule has 0 aliphatic carbocycles. The fourth-order valence-corrected chi connectivity index (χ4v) is 3.05. The number of carbonyl (C=O) groups is 1. The predicted molar refractivity (Wildman–Crippen MR) is 69.7 cm³/mol. The van der Waals surface area contributed by atoms with Crippen molar-refractivity contribution in [1.29, 1.82) is 0 Å². The van der Waals surface area contributed by atoms with Gasteiger partial charge in [0, 0.05) is 13.2 Å². The summed E-state index contributed by atoms with van der Waals surface area (Å²) < 4.78 is 5.45. The van der Waals surface area contributed by atoms with Crippen molar-refractivity contribution >= 4 is 11.9 Å². The lowest BCUT2D eigenvalue weighted by Crippen LogP contribution is -2.62. The molecule has 102 valence electrons. The van der Waals surface area contributed by atoms with E-state index in [2.05, 4.69) is 9.97 Å². The third-order valence-corrected chi connectivity index (χ3v) is 4.20. The molecule has 1 aromatic rings. The molecule has 0 saturated carbocycles. The van der Waals surface area contributed by atoms with Crippen LogP contribution in [0, 0.1) is 13.8 Å². The van der Waals surface area contributed by atoms with Crippen LogP contribution in [0.4, 0.5) is 5.95 Å². The minimum atomic E-state index is -0.0860. The Morgan fingerprint density at radius 3 is 2.47 bits per heavy atom. The number of ether oxygens (including phenoxy) is 1. The molecule has 3 rings (SSSR count). The minimum Gasteiger partial charge on any atom is -0.379 e. The first kappa shape index (κ1) is 12.3. The van der Waals surface area contributed by atoms with Crippen LogP contribution >= 0.6 is 0 Å². The van der Waals surface area contributed by atoms with Crippen molar-refractivity contribution in [3.05, 3.63) is 17.0 Å². The molecule has 2 aliphatic rings. The van der Waals surface area contributed by atoms with Crippen LogP contribution in [0.3, 0.4) is 0 Å². The first-order valence-electron chi connectivity index (χ1n) is 6.54. The van der Waals surface area contributed by atoms with E-state index in [1.165, 1.54) is 0 Å². The highest BCUT2D eigenvalue weighted by molar-refractivity contribution is 5.97. The van der Waals surface area contributed by atoms with Crippen LogP contribution in [-0.4, -0.2) is 46.1 Å². The second kappa shape index (κ2) is 4.16. The Bertz CT molecular complexity index is 514. The van der Waals surface area contributed by atoms with Gasteiger partial charge in [0.05, 0.1) is 29.1 Å². The summed E-state index contributed by atoms with van der Waals surface area (Å²) in [5, 5.41) is 0. The lowest BCUT2D eigenvalue weighted by molar-refractivity contribution is -0.00812. The van der Waals surface area contributed by atoms with E-state index in [0.29, 0.717) is 23.6 Å². The highest BCUT2D eigenvalue weighted by atomic mass is 16.5. The number of nitrogens with zero attached hydrogens (tertiary/aromatic N) is 3. The molecule has 3 heterocycles. The average molecular weight is 262 g/mol. The molecule has 1 amide bonds. The average Bonchev–Trinajstić information content (AvgIpc) is 2.76. The van der Waals surface area contributed by atoms with Crippen LogP contribution in [-0.2, 0) is 4.74 Å². The minimum absolute atomic E-state index is 0.00625. The van der Waals surface area contributed by atoms with Crippen LogP contribution < -0.4 is 5.73 Å². The molecule has 2 fully saturated rings. The molecule has 2 aliphatic heterocycles. The van der Waals surface area contributed by atoms with Gasteiger partial charge in [0.1, 0.15) is 0 Å². The number of likely N-dealkylation sites (tertiary alicyclic amines) is 1. The normalized spacial score (nSPS) is 25.7. The number of aryl methyl sites for hydroxylation is 2. The van der Waals surface area contributed by atoms with Crippen LogP contribution in [0.2, 0.25) is 0 Å². The number of hydrogen-bond donors (Lipinski definition) is 1. The zero-order chi connectivity index (χ0) is 13.6. The molecule has 1 unspecified atom stereocenters. The maximum Gasteiger partial charge on any atom is 0.258 e. The van der Waals surface area contributed by atoms with Gasteiger partial charge in [-0.15, -0.1) is 0 Å². The van der Waals surface area contributed by atoms with Crippen LogP contribution in [0.5, 0.6) is 0 Å². The van der Waals surface area contributed by atoms with Gasteiger partial charge in [-0.2, -0.15) is 0 Å². The van der Waals surface area contributed by atoms with Crippen LogP contribution in [0.1, 0.15) is 34.6 Å². The Hall–Kier alpha value is -1.69. The van der Waals surface area contributed by atoms with Crippen molar-refractivity contribution in [2.24, 2.45) is 0 Å². The number of anilines is 1. The van der Waals surface area contributed by atoms with E-state index in [-0.39, 0.29) is 17.4 Å². The molecule has 6 heteroatoms. The number of carbonyl (C=O) groups excluding carboxylic acids is 1. The first-order chi connectivity index (χ1) is 9.03. The number of aromatic nitrogens is 2. The zero-order valence-corrected chi connectivity index (χ0v) is 11.3. The van der Waals surface area contributed by atoms with E-state index in [4.69, 9.17) is 10.5 Å². The summed E-state index contributed by atoms with van der Waals surface area (Å²) in [5.74, 6) is 0.223. The van der Waals surface area contributed by atoms with Crippen molar-refractivity contribution in [3.8, 4) is 0 Å². The Morgan fingerprint density at radius 1 is 1.32 bits per heavy atom. The van der Waals surface area contributed by atoms with E-state index < -0.39 is 0 Å². The molecule has 1 aromatic heterocycles. The van der Waals surface area contributed by atoms with Gasteiger partial charge in [0.2, 0.25) is 5.95 Å². The Labute approximate surface area is 112 Å². The second-order valence-electron chi connectivity index (χ2n) is 5.36. The molecule has 0 radical (unpaired) electrons. The number of nitrogen functional groups attached to an aromatic ring is 1. The topological polar surface area (TPSA) is 81.3 Å². The summed E-state index contributed by atoms with van der Waals surface area (Å²) in [6.07, 6.45) is 1.94. The summed E-state index contributed by atoms with van der Waals surface area (Å²) in [5.41, 5.74) is 7.40. The van der Waals surface area contributed by atoms with Gasteiger partial charge in [-0.3, -0.25) is 4.79 Å². The number of rotatable bonds is 1. The highest BCUT2D eigenvalue weighted by Crippen LogP contribution is 2.39. The van der Waals surface area contributed by atoms with Crippen LogP contribution in [0.25, 0.3) is 0 Å². The standard InChI is InChI=1S/C13H18N4O2/c1-8-10(9(2)16-12(14)15-8)11(18)17-5-3-13(17)4-6-19-7-13/h3-7H2,1-2H3,(H2,14,15,16). The lowest BCUT2D eigenvalue weighted by Gasteiger charge is -2.50. The number of amides is 1. The van der Waals surface area contributed by atoms with E-state index in [1.807, 2.05) is 4.90 Å². The van der Waals surface area contributed by atoms with Gasteiger partial charge in [-0.1, -0.05) is 0 Å². The zero-order valence-electron chi connectivity index (χ0n) is 11.3. The third-order valence-electron chi connectivity index (χ3n) is 4.20. The summed E-state index contributed by atoms with van der Waals surface area (Å²) in [7, 11) is 0. The van der Waals surface area contributed by atoms with E-state index in [0.717, 1.165) is 26.0 Å². The molecule has 6 nitrogen and oxygen atoms in total. The fraction of sp³-hybridized carbons (Fsp3) is 0.615. The Balaban J connectivity index is 1.93. The third kappa shape index (κ3) is 1.78. The van der Waals surface area contributed by atoms with Crippen molar-refractivity contribution < 1.29 is 9.53 Å². The van der Waals surface area contributed by atoms with Crippen molar-refractivity contribution in [2.75, 3.05) is 25.5 Å². The van der Waals surface area contributed by atoms with E-state index in [9.17, 15) is 4.79 Å². The maximum atomic E-state index is 12.7. The van der Waals surface area contributed by atoms with Crippen molar-refractivity contribution in [1.82, 2.24) is 14.9 Å². The molecule has 1 atom stereocenters. The largest absolute Gasteiger partial charge is 0.379 e. The first-order valence-corrected chi connectivity index (χ1v) is 6.54. The molecular formula is C13H18N4O2. The van der Waals surface area contributed by atoms with E-state index in [1.54, 1.807) is 13.8 Å². The van der Waals surface area contributed by atoms with Crippen molar-refractivity contribution in [2.45, 2.75) is 32.2 Å².